The Labute approximate surface area is 156 Å². The van der Waals surface area contributed by atoms with E-state index in [9.17, 15) is 14.7 Å². The smallest absolute Gasteiger partial charge is 0.331 e. The summed E-state index contributed by atoms with van der Waals surface area (Å²) in [6.07, 6.45) is 2.72. The average Bonchev–Trinajstić information content (AvgIpc) is 3.08. The van der Waals surface area contributed by atoms with Gasteiger partial charge in [0.15, 0.2) is 5.13 Å². The number of aromatic nitrogens is 1. The zero-order valence-corrected chi connectivity index (χ0v) is 15.5. The van der Waals surface area contributed by atoms with E-state index in [4.69, 9.17) is 0 Å². The Morgan fingerprint density at radius 2 is 2.00 bits per heavy atom. The van der Waals surface area contributed by atoms with Gasteiger partial charge in [0.1, 0.15) is 0 Å². The fourth-order valence-corrected chi connectivity index (χ4v) is 4.68. The third-order valence-electron chi connectivity index (χ3n) is 4.99. The number of aliphatic carboxylic acids is 1. The van der Waals surface area contributed by atoms with Crippen molar-refractivity contribution in [2.45, 2.75) is 38.0 Å². The molecule has 136 valence electrons. The predicted octanol–water partition coefficient (Wildman–Crippen LogP) is 4.41. The molecule has 3 atom stereocenters. The van der Waals surface area contributed by atoms with Gasteiger partial charge in [-0.3, -0.25) is 4.79 Å². The molecule has 3 unspecified atom stereocenters. The summed E-state index contributed by atoms with van der Waals surface area (Å²) in [5, 5.41) is 14.7. The van der Waals surface area contributed by atoms with Crippen molar-refractivity contribution in [2.75, 3.05) is 5.32 Å². The number of rotatable bonds is 5. The van der Waals surface area contributed by atoms with Gasteiger partial charge in [-0.15, -0.1) is 11.3 Å². The van der Waals surface area contributed by atoms with E-state index in [1.807, 2.05) is 23.6 Å². The molecule has 1 amide bonds. The number of thiazole rings is 1. The number of nitrogens with zero attached hydrogens (tertiary/aromatic N) is 1. The predicted molar refractivity (Wildman–Crippen MR) is 102 cm³/mol. The third kappa shape index (κ3) is 3.85. The Morgan fingerprint density at radius 3 is 2.65 bits per heavy atom. The minimum Gasteiger partial charge on any atom is -0.478 e. The summed E-state index contributed by atoms with van der Waals surface area (Å²) >= 11 is 1.37. The number of carbonyl (C=O) groups excluding carboxylic acids is 1. The molecule has 1 aromatic carbocycles. The Bertz CT molecular complexity index is 815. The standard InChI is InChI=1S/C20H22N2O3S/c1-12(19(24)25)15-9-6-10-16(14-7-4-3-5-8-14)18(15)17-11-26-20(22-17)21-13(2)23/h3-5,7-8,11,15-16,18H,1,6,9-10H2,2H3,(H,24,25)(H,21,22,23). The van der Waals surface area contributed by atoms with Crippen molar-refractivity contribution in [1.82, 2.24) is 4.98 Å². The molecule has 1 fully saturated rings. The van der Waals surface area contributed by atoms with Crippen molar-refractivity contribution in [3.8, 4) is 0 Å². The van der Waals surface area contributed by atoms with Crippen LogP contribution in [0, 0.1) is 5.92 Å². The van der Waals surface area contributed by atoms with E-state index in [1.54, 1.807) is 0 Å². The Kier molecular flexibility index (Phi) is 5.52. The van der Waals surface area contributed by atoms with E-state index < -0.39 is 5.97 Å². The van der Waals surface area contributed by atoms with E-state index in [0.717, 1.165) is 25.0 Å². The third-order valence-corrected chi connectivity index (χ3v) is 5.77. The molecule has 1 aliphatic carbocycles. The zero-order valence-electron chi connectivity index (χ0n) is 14.6. The van der Waals surface area contributed by atoms with Crippen molar-refractivity contribution in [3.05, 3.63) is 59.1 Å². The maximum absolute atomic E-state index is 11.6. The van der Waals surface area contributed by atoms with E-state index >= 15 is 0 Å². The van der Waals surface area contributed by atoms with Crippen LogP contribution in [0.25, 0.3) is 0 Å². The van der Waals surface area contributed by atoms with Crippen LogP contribution in [0.1, 0.15) is 49.3 Å². The molecule has 1 aliphatic rings. The van der Waals surface area contributed by atoms with E-state index in [2.05, 4.69) is 29.0 Å². The number of amides is 1. The van der Waals surface area contributed by atoms with E-state index in [0.29, 0.717) is 5.13 Å². The van der Waals surface area contributed by atoms with Gasteiger partial charge in [0.25, 0.3) is 0 Å². The van der Waals surface area contributed by atoms with Crippen LogP contribution in [0.4, 0.5) is 5.13 Å². The SMILES string of the molecule is C=C(C(=O)O)C1CCCC(c2ccccc2)C1c1csc(NC(C)=O)n1. The molecule has 0 spiro atoms. The lowest BCUT2D eigenvalue weighted by atomic mass is 9.66. The van der Waals surface area contributed by atoms with Crippen LogP contribution >= 0.6 is 11.3 Å². The van der Waals surface area contributed by atoms with Crippen molar-refractivity contribution in [3.63, 3.8) is 0 Å². The van der Waals surface area contributed by atoms with Crippen LogP contribution in [0.5, 0.6) is 0 Å². The molecular formula is C20H22N2O3S. The highest BCUT2D eigenvalue weighted by molar-refractivity contribution is 7.13. The maximum Gasteiger partial charge on any atom is 0.331 e. The van der Waals surface area contributed by atoms with Gasteiger partial charge in [-0.2, -0.15) is 0 Å². The molecule has 5 nitrogen and oxygen atoms in total. The molecule has 0 radical (unpaired) electrons. The van der Waals surface area contributed by atoms with Gasteiger partial charge in [0, 0.05) is 23.8 Å². The summed E-state index contributed by atoms with van der Waals surface area (Å²) < 4.78 is 0. The van der Waals surface area contributed by atoms with Crippen molar-refractivity contribution >= 4 is 28.3 Å². The minimum atomic E-state index is -0.953. The normalized spacial score (nSPS) is 22.6. The lowest BCUT2D eigenvalue weighted by molar-refractivity contribution is -0.133. The largest absolute Gasteiger partial charge is 0.478 e. The van der Waals surface area contributed by atoms with Crippen LogP contribution in [0.15, 0.2) is 47.9 Å². The molecule has 3 rings (SSSR count). The van der Waals surface area contributed by atoms with Crippen LogP contribution in [0.2, 0.25) is 0 Å². The average molecular weight is 370 g/mol. The number of anilines is 1. The number of carbonyl (C=O) groups is 2. The molecule has 2 aromatic rings. The first-order chi connectivity index (χ1) is 12.5. The highest BCUT2D eigenvalue weighted by Gasteiger charge is 2.39. The highest BCUT2D eigenvalue weighted by atomic mass is 32.1. The highest BCUT2D eigenvalue weighted by Crippen LogP contribution is 2.50. The van der Waals surface area contributed by atoms with Crippen LogP contribution < -0.4 is 5.32 Å². The van der Waals surface area contributed by atoms with Gasteiger partial charge in [-0.05, 0) is 30.2 Å². The maximum atomic E-state index is 11.6. The molecule has 6 heteroatoms. The second-order valence-electron chi connectivity index (χ2n) is 6.67. The molecular weight excluding hydrogens is 348 g/mol. The second kappa shape index (κ2) is 7.83. The topological polar surface area (TPSA) is 79.3 Å². The molecule has 1 heterocycles. The summed E-state index contributed by atoms with van der Waals surface area (Å²) in [7, 11) is 0. The molecule has 1 aromatic heterocycles. The molecule has 0 aliphatic heterocycles. The number of hydrogen-bond donors (Lipinski definition) is 2. The number of hydrogen-bond acceptors (Lipinski definition) is 4. The fraction of sp³-hybridized carbons (Fsp3) is 0.350. The fourth-order valence-electron chi connectivity index (χ4n) is 3.88. The zero-order chi connectivity index (χ0) is 18.7. The number of carboxylic acids is 1. The second-order valence-corrected chi connectivity index (χ2v) is 7.53. The lowest BCUT2D eigenvalue weighted by Crippen LogP contribution is -2.29. The van der Waals surface area contributed by atoms with Crippen molar-refractivity contribution in [2.24, 2.45) is 5.92 Å². The number of benzene rings is 1. The Morgan fingerprint density at radius 1 is 1.27 bits per heavy atom. The van der Waals surface area contributed by atoms with Crippen LogP contribution in [-0.2, 0) is 9.59 Å². The Balaban J connectivity index is 2.01. The molecule has 2 N–H and O–H groups in total. The van der Waals surface area contributed by atoms with E-state index in [-0.39, 0.29) is 29.2 Å². The van der Waals surface area contributed by atoms with Gasteiger partial charge >= 0.3 is 5.97 Å². The van der Waals surface area contributed by atoms with Gasteiger partial charge in [0.05, 0.1) is 5.69 Å². The summed E-state index contributed by atoms with van der Waals surface area (Å²) in [5.41, 5.74) is 2.26. The lowest BCUT2D eigenvalue weighted by Gasteiger charge is -2.38. The number of nitrogens with one attached hydrogen (secondary N) is 1. The van der Waals surface area contributed by atoms with E-state index in [1.165, 1.54) is 23.8 Å². The van der Waals surface area contributed by atoms with Crippen LogP contribution in [-0.4, -0.2) is 22.0 Å². The first kappa shape index (κ1) is 18.3. The van der Waals surface area contributed by atoms with Gasteiger partial charge in [-0.1, -0.05) is 43.3 Å². The van der Waals surface area contributed by atoms with Crippen molar-refractivity contribution in [1.29, 1.82) is 0 Å². The summed E-state index contributed by atoms with van der Waals surface area (Å²) in [5.74, 6) is -1.17. The summed E-state index contributed by atoms with van der Waals surface area (Å²) in [4.78, 5) is 27.5. The summed E-state index contributed by atoms with van der Waals surface area (Å²) in [6.45, 7) is 5.29. The van der Waals surface area contributed by atoms with Gasteiger partial charge in [-0.25, -0.2) is 9.78 Å². The van der Waals surface area contributed by atoms with Gasteiger partial charge < -0.3 is 10.4 Å². The molecule has 0 bridgehead atoms. The quantitative estimate of drug-likeness (QED) is 0.764. The summed E-state index contributed by atoms with van der Waals surface area (Å²) in [6, 6.07) is 10.2. The molecule has 1 saturated carbocycles. The van der Waals surface area contributed by atoms with Gasteiger partial charge in [0.2, 0.25) is 5.91 Å². The Hall–Kier alpha value is -2.47. The number of carboxylic acid groups (broad SMARTS) is 1. The monoisotopic (exact) mass is 370 g/mol. The molecule has 26 heavy (non-hydrogen) atoms. The minimum absolute atomic E-state index is 0.0616. The first-order valence-corrected chi connectivity index (χ1v) is 9.55. The molecule has 0 saturated heterocycles. The van der Waals surface area contributed by atoms with Crippen molar-refractivity contribution < 1.29 is 14.7 Å². The van der Waals surface area contributed by atoms with Crippen LogP contribution in [0.3, 0.4) is 0 Å². The first-order valence-electron chi connectivity index (χ1n) is 8.67.